The summed E-state index contributed by atoms with van der Waals surface area (Å²) in [6.07, 6.45) is 1.54. The van der Waals surface area contributed by atoms with E-state index >= 15 is 0 Å². The summed E-state index contributed by atoms with van der Waals surface area (Å²) >= 11 is 6.26. The van der Waals surface area contributed by atoms with E-state index in [1.54, 1.807) is 12.3 Å². The third kappa shape index (κ3) is 4.18. The van der Waals surface area contributed by atoms with Crippen LogP contribution in [0.1, 0.15) is 27.2 Å². The average molecular weight is 367 g/mol. The number of nitrogens with zero attached hydrogens (tertiary/aromatic N) is 2. The molecular formula is C20H19ClN4O. The Bertz CT molecular complexity index is 931. The predicted molar refractivity (Wildman–Crippen MR) is 105 cm³/mol. The van der Waals surface area contributed by atoms with Crippen molar-refractivity contribution in [3.63, 3.8) is 0 Å². The fraction of sp³-hybridized carbons (Fsp3) is 0.150. The van der Waals surface area contributed by atoms with Crippen molar-refractivity contribution in [3.8, 4) is 0 Å². The molecule has 0 aliphatic heterocycles. The lowest BCUT2D eigenvalue weighted by Crippen LogP contribution is -2.16. The number of benzene rings is 2. The maximum absolute atomic E-state index is 12.6. The molecule has 0 aliphatic rings. The van der Waals surface area contributed by atoms with Crippen LogP contribution in [-0.4, -0.2) is 15.9 Å². The zero-order valence-electron chi connectivity index (χ0n) is 14.8. The maximum Gasteiger partial charge on any atom is 0.274 e. The number of hydrogen-bond donors (Lipinski definition) is 2. The van der Waals surface area contributed by atoms with Gasteiger partial charge >= 0.3 is 0 Å². The first-order chi connectivity index (χ1) is 12.4. The molecule has 0 fully saturated rings. The highest BCUT2D eigenvalue weighted by atomic mass is 35.5. The number of aryl methyl sites for hydroxylation is 3. The topological polar surface area (TPSA) is 66.9 Å². The van der Waals surface area contributed by atoms with E-state index in [4.69, 9.17) is 11.6 Å². The Morgan fingerprint density at radius 2 is 1.73 bits per heavy atom. The van der Waals surface area contributed by atoms with Gasteiger partial charge in [-0.05, 0) is 56.2 Å². The summed E-state index contributed by atoms with van der Waals surface area (Å²) in [6.45, 7) is 5.88. The van der Waals surface area contributed by atoms with E-state index in [9.17, 15) is 4.79 Å². The minimum atomic E-state index is -0.340. The summed E-state index contributed by atoms with van der Waals surface area (Å²) in [7, 11) is 0. The van der Waals surface area contributed by atoms with Crippen LogP contribution in [0.3, 0.4) is 0 Å². The quantitative estimate of drug-likeness (QED) is 0.678. The van der Waals surface area contributed by atoms with E-state index in [0.717, 1.165) is 22.4 Å². The summed E-state index contributed by atoms with van der Waals surface area (Å²) in [5.74, 6) is 0.0152. The molecule has 1 amide bonds. The van der Waals surface area contributed by atoms with Crippen LogP contribution < -0.4 is 10.6 Å². The van der Waals surface area contributed by atoms with Crippen molar-refractivity contribution in [2.75, 3.05) is 10.6 Å². The number of aromatic nitrogens is 2. The Kier molecular flexibility index (Phi) is 5.19. The molecule has 0 bridgehead atoms. The van der Waals surface area contributed by atoms with Crippen LogP contribution in [0.2, 0.25) is 5.02 Å². The molecule has 0 unspecified atom stereocenters. The van der Waals surface area contributed by atoms with Crippen molar-refractivity contribution in [3.05, 3.63) is 76.1 Å². The molecule has 5 nitrogen and oxygen atoms in total. The van der Waals surface area contributed by atoms with Crippen LogP contribution in [0.15, 0.2) is 48.7 Å². The molecule has 2 N–H and O–H groups in total. The van der Waals surface area contributed by atoms with Crippen molar-refractivity contribution in [2.24, 2.45) is 0 Å². The molecule has 132 valence electrons. The second kappa shape index (κ2) is 7.54. The molecule has 0 aliphatic carbocycles. The highest BCUT2D eigenvalue weighted by Gasteiger charge is 2.13. The van der Waals surface area contributed by atoms with Crippen molar-refractivity contribution >= 4 is 34.8 Å². The Hall–Kier alpha value is -2.92. The first-order valence-electron chi connectivity index (χ1n) is 8.17. The van der Waals surface area contributed by atoms with Gasteiger partial charge in [-0.15, -0.1) is 0 Å². The third-order valence-electron chi connectivity index (χ3n) is 3.87. The Morgan fingerprint density at radius 1 is 1.00 bits per heavy atom. The number of nitrogens with one attached hydrogen (secondary N) is 2. The highest BCUT2D eigenvalue weighted by molar-refractivity contribution is 6.34. The predicted octanol–water partition coefficient (Wildman–Crippen LogP) is 5.05. The van der Waals surface area contributed by atoms with E-state index in [2.05, 4.69) is 20.6 Å². The molecule has 0 saturated heterocycles. The molecular weight excluding hydrogens is 348 g/mol. The molecule has 3 rings (SSSR count). The summed E-state index contributed by atoms with van der Waals surface area (Å²) in [5, 5.41) is 6.43. The van der Waals surface area contributed by atoms with Crippen molar-refractivity contribution in [2.45, 2.75) is 20.8 Å². The number of carbonyl (C=O) groups is 1. The van der Waals surface area contributed by atoms with Gasteiger partial charge in [0.25, 0.3) is 5.91 Å². The van der Waals surface area contributed by atoms with Gasteiger partial charge in [-0.25, -0.2) is 9.97 Å². The largest absolute Gasteiger partial charge is 0.324 e. The lowest BCUT2D eigenvalue weighted by molar-refractivity contribution is 0.102. The number of rotatable bonds is 4. The fourth-order valence-electron chi connectivity index (χ4n) is 2.56. The van der Waals surface area contributed by atoms with Gasteiger partial charge in [0.05, 0.1) is 10.7 Å². The number of hydrogen-bond acceptors (Lipinski definition) is 4. The molecule has 6 heteroatoms. The molecule has 0 atom stereocenters. The Labute approximate surface area is 157 Å². The van der Waals surface area contributed by atoms with E-state index in [0.29, 0.717) is 16.7 Å². The van der Waals surface area contributed by atoms with Crippen LogP contribution in [0, 0.1) is 20.8 Å². The maximum atomic E-state index is 12.6. The molecule has 0 radical (unpaired) electrons. The lowest BCUT2D eigenvalue weighted by Gasteiger charge is -2.12. The van der Waals surface area contributed by atoms with E-state index in [1.807, 2.05) is 57.2 Å². The molecule has 1 heterocycles. The minimum Gasteiger partial charge on any atom is -0.324 e. The van der Waals surface area contributed by atoms with Crippen LogP contribution in [-0.2, 0) is 0 Å². The van der Waals surface area contributed by atoms with Crippen molar-refractivity contribution < 1.29 is 4.79 Å². The lowest BCUT2D eigenvalue weighted by atomic mass is 10.1. The standard InChI is InChI=1S/C20H19ClN4O/c1-12-4-6-15(7-5-12)23-20-22-9-8-17(24-20)19(26)25-18-14(3)10-13(2)11-16(18)21/h4-11H,1-3H3,(H,25,26)(H,22,23,24). The number of halogens is 1. The first kappa shape index (κ1) is 17.9. The molecule has 3 aromatic rings. The summed E-state index contributed by atoms with van der Waals surface area (Å²) in [4.78, 5) is 21.0. The number of amides is 1. The minimum absolute atomic E-state index is 0.255. The molecule has 26 heavy (non-hydrogen) atoms. The first-order valence-corrected chi connectivity index (χ1v) is 8.55. The highest BCUT2D eigenvalue weighted by Crippen LogP contribution is 2.27. The van der Waals surface area contributed by atoms with E-state index in [1.165, 1.54) is 0 Å². The van der Waals surface area contributed by atoms with Gasteiger partial charge < -0.3 is 10.6 Å². The Balaban J connectivity index is 1.79. The zero-order valence-corrected chi connectivity index (χ0v) is 15.6. The van der Waals surface area contributed by atoms with E-state index < -0.39 is 0 Å². The molecule has 0 saturated carbocycles. The van der Waals surface area contributed by atoms with Crippen LogP contribution in [0.4, 0.5) is 17.3 Å². The summed E-state index contributed by atoms with van der Waals surface area (Å²) < 4.78 is 0. The second-order valence-corrected chi connectivity index (χ2v) is 6.56. The fourth-order valence-corrected chi connectivity index (χ4v) is 2.93. The van der Waals surface area contributed by atoms with Gasteiger partial charge in [0.15, 0.2) is 0 Å². The summed E-state index contributed by atoms with van der Waals surface area (Å²) in [5.41, 5.74) is 4.80. The van der Waals surface area contributed by atoms with E-state index in [-0.39, 0.29) is 11.6 Å². The zero-order chi connectivity index (χ0) is 18.7. The van der Waals surface area contributed by atoms with Crippen LogP contribution >= 0.6 is 11.6 Å². The van der Waals surface area contributed by atoms with Gasteiger partial charge in [-0.2, -0.15) is 0 Å². The van der Waals surface area contributed by atoms with Gasteiger partial charge in [0.1, 0.15) is 5.69 Å². The monoisotopic (exact) mass is 366 g/mol. The van der Waals surface area contributed by atoms with Crippen LogP contribution in [0.5, 0.6) is 0 Å². The van der Waals surface area contributed by atoms with Crippen molar-refractivity contribution in [1.29, 1.82) is 0 Å². The SMILES string of the molecule is Cc1ccc(Nc2nccc(C(=O)Nc3c(C)cc(C)cc3Cl)n2)cc1. The third-order valence-corrected chi connectivity index (χ3v) is 4.16. The number of carbonyl (C=O) groups excluding carboxylic acids is 1. The van der Waals surface area contributed by atoms with Crippen LogP contribution in [0.25, 0.3) is 0 Å². The Morgan fingerprint density at radius 3 is 2.42 bits per heavy atom. The molecule has 0 spiro atoms. The van der Waals surface area contributed by atoms with Gasteiger partial charge in [-0.3, -0.25) is 4.79 Å². The van der Waals surface area contributed by atoms with Gasteiger partial charge in [-0.1, -0.05) is 35.4 Å². The summed E-state index contributed by atoms with van der Waals surface area (Å²) in [6, 6.07) is 13.2. The smallest absolute Gasteiger partial charge is 0.274 e. The average Bonchev–Trinajstić information content (AvgIpc) is 2.60. The molecule has 2 aromatic carbocycles. The van der Waals surface area contributed by atoms with Gasteiger partial charge in [0.2, 0.25) is 5.95 Å². The second-order valence-electron chi connectivity index (χ2n) is 6.15. The van der Waals surface area contributed by atoms with Crippen molar-refractivity contribution in [1.82, 2.24) is 9.97 Å². The molecule has 1 aromatic heterocycles. The van der Waals surface area contributed by atoms with Gasteiger partial charge in [0, 0.05) is 11.9 Å². The number of anilines is 3. The normalized spacial score (nSPS) is 10.5.